The molecular formula is C9H9BrFNO. The van der Waals surface area contributed by atoms with Gasteiger partial charge < -0.3 is 10.5 Å². The van der Waals surface area contributed by atoms with Gasteiger partial charge in [-0.25, -0.2) is 4.39 Å². The molecule has 1 aromatic rings. The second-order valence-corrected chi connectivity index (χ2v) is 4.13. The number of nitrogens with two attached hydrogens (primary N) is 1. The lowest BCUT2D eigenvalue weighted by Crippen LogP contribution is -2.54. The maximum absolute atomic E-state index is 13.1. The van der Waals surface area contributed by atoms with Crippen LogP contribution in [0.1, 0.15) is 5.56 Å². The first-order valence-corrected chi connectivity index (χ1v) is 4.73. The van der Waals surface area contributed by atoms with Crippen molar-refractivity contribution in [1.82, 2.24) is 0 Å². The largest absolute Gasteiger partial charge is 0.377 e. The van der Waals surface area contributed by atoms with E-state index < -0.39 is 5.54 Å². The van der Waals surface area contributed by atoms with Crippen LogP contribution in [0.15, 0.2) is 22.7 Å². The van der Waals surface area contributed by atoms with Crippen molar-refractivity contribution in [3.63, 3.8) is 0 Å². The Hall–Kier alpha value is -0.450. The molecule has 0 bridgehead atoms. The Bertz CT molecular complexity index is 338. The van der Waals surface area contributed by atoms with Crippen LogP contribution >= 0.6 is 15.9 Å². The van der Waals surface area contributed by atoms with E-state index in [9.17, 15) is 4.39 Å². The van der Waals surface area contributed by atoms with Gasteiger partial charge in [0.05, 0.1) is 23.2 Å². The number of hydrogen-bond acceptors (Lipinski definition) is 2. The number of rotatable bonds is 1. The fourth-order valence-corrected chi connectivity index (χ4v) is 1.54. The topological polar surface area (TPSA) is 35.2 Å². The first kappa shape index (κ1) is 9.12. The first-order chi connectivity index (χ1) is 6.12. The normalized spacial score (nSPS) is 19.6. The molecule has 1 saturated heterocycles. The molecule has 0 aliphatic carbocycles. The third kappa shape index (κ3) is 1.49. The summed E-state index contributed by atoms with van der Waals surface area (Å²) >= 11 is 3.09. The van der Waals surface area contributed by atoms with E-state index in [1.165, 1.54) is 6.07 Å². The molecule has 2 nitrogen and oxygen atoms in total. The van der Waals surface area contributed by atoms with Crippen molar-refractivity contribution in [2.24, 2.45) is 5.73 Å². The zero-order chi connectivity index (χ0) is 9.47. The third-order valence-electron chi connectivity index (χ3n) is 2.21. The van der Waals surface area contributed by atoms with Crippen LogP contribution in [-0.2, 0) is 10.3 Å². The van der Waals surface area contributed by atoms with Gasteiger partial charge in [0.1, 0.15) is 5.82 Å². The van der Waals surface area contributed by atoms with Crippen LogP contribution in [0.25, 0.3) is 0 Å². The standard InChI is InChI=1S/C9H9BrFNO/c10-7-2-1-6(3-8(7)11)9(12)4-13-5-9/h1-3H,4-5,12H2. The Morgan fingerprint density at radius 2 is 2.15 bits per heavy atom. The van der Waals surface area contributed by atoms with Crippen LogP contribution in [0.2, 0.25) is 0 Å². The lowest BCUT2D eigenvalue weighted by Gasteiger charge is -2.38. The second kappa shape index (κ2) is 3.04. The van der Waals surface area contributed by atoms with Gasteiger partial charge in [0.25, 0.3) is 0 Å². The molecular weight excluding hydrogens is 237 g/mol. The molecule has 1 aliphatic rings. The molecule has 2 N–H and O–H groups in total. The Balaban J connectivity index is 2.36. The zero-order valence-corrected chi connectivity index (χ0v) is 8.47. The smallest absolute Gasteiger partial charge is 0.137 e. The first-order valence-electron chi connectivity index (χ1n) is 3.94. The third-order valence-corrected chi connectivity index (χ3v) is 2.86. The summed E-state index contributed by atoms with van der Waals surface area (Å²) in [6.45, 7) is 0.933. The van der Waals surface area contributed by atoms with Crippen LogP contribution in [0.4, 0.5) is 4.39 Å². The van der Waals surface area contributed by atoms with Crippen LogP contribution in [0, 0.1) is 5.82 Å². The van der Waals surface area contributed by atoms with Gasteiger partial charge in [-0.05, 0) is 33.6 Å². The maximum Gasteiger partial charge on any atom is 0.137 e. The van der Waals surface area contributed by atoms with E-state index in [-0.39, 0.29) is 5.82 Å². The predicted molar refractivity (Wildman–Crippen MR) is 50.8 cm³/mol. The minimum atomic E-state index is -0.485. The predicted octanol–water partition coefficient (Wildman–Crippen LogP) is 1.77. The molecule has 1 heterocycles. The fourth-order valence-electron chi connectivity index (χ4n) is 1.29. The zero-order valence-electron chi connectivity index (χ0n) is 6.89. The number of benzene rings is 1. The fraction of sp³-hybridized carbons (Fsp3) is 0.333. The Kier molecular flexibility index (Phi) is 2.14. The Morgan fingerprint density at radius 1 is 1.46 bits per heavy atom. The molecule has 0 radical (unpaired) electrons. The number of halogens is 2. The molecule has 0 spiro atoms. The van der Waals surface area contributed by atoms with E-state index in [1.54, 1.807) is 6.07 Å². The van der Waals surface area contributed by atoms with Gasteiger partial charge in [-0.2, -0.15) is 0 Å². The van der Waals surface area contributed by atoms with Crippen molar-refractivity contribution < 1.29 is 9.13 Å². The van der Waals surface area contributed by atoms with Gasteiger partial charge in [0.2, 0.25) is 0 Å². The minimum absolute atomic E-state index is 0.283. The van der Waals surface area contributed by atoms with Crippen molar-refractivity contribution in [3.05, 3.63) is 34.1 Å². The Morgan fingerprint density at radius 3 is 2.62 bits per heavy atom. The van der Waals surface area contributed by atoms with Gasteiger partial charge in [0, 0.05) is 0 Å². The minimum Gasteiger partial charge on any atom is -0.377 e. The highest BCUT2D eigenvalue weighted by molar-refractivity contribution is 9.10. The van der Waals surface area contributed by atoms with Crippen molar-refractivity contribution in [2.45, 2.75) is 5.54 Å². The van der Waals surface area contributed by atoms with Crippen LogP contribution in [0.5, 0.6) is 0 Å². The lowest BCUT2D eigenvalue weighted by atomic mass is 9.89. The molecule has 1 fully saturated rings. The summed E-state index contributed by atoms with van der Waals surface area (Å²) in [5.74, 6) is -0.283. The van der Waals surface area contributed by atoms with Crippen molar-refractivity contribution in [1.29, 1.82) is 0 Å². The van der Waals surface area contributed by atoms with E-state index in [1.807, 2.05) is 6.07 Å². The molecule has 70 valence electrons. The molecule has 0 amide bonds. The lowest BCUT2D eigenvalue weighted by molar-refractivity contribution is -0.0570. The van der Waals surface area contributed by atoms with Gasteiger partial charge in [0.15, 0.2) is 0 Å². The molecule has 4 heteroatoms. The molecule has 1 aromatic carbocycles. The summed E-state index contributed by atoms with van der Waals surface area (Å²) in [5.41, 5.74) is 6.24. The average Bonchev–Trinajstić information content (AvgIpc) is 2.06. The average molecular weight is 246 g/mol. The molecule has 0 atom stereocenters. The molecule has 0 saturated carbocycles. The Labute approximate surface area is 84.0 Å². The maximum atomic E-state index is 13.1. The summed E-state index contributed by atoms with van der Waals surface area (Å²) in [6.07, 6.45) is 0. The molecule has 2 rings (SSSR count). The van der Waals surface area contributed by atoms with E-state index in [0.717, 1.165) is 5.56 Å². The van der Waals surface area contributed by atoms with E-state index in [0.29, 0.717) is 17.7 Å². The monoisotopic (exact) mass is 245 g/mol. The number of ether oxygens (including phenoxy) is 1. The van der Waals surface area contributed by atoms with Gasteiger partial charge >= 0.3 is 0 Å². The highest BCUT2D eigenvalue weighted by Gasteiger charge is 2.36. The second-order valence-electron chi connectivity index (χ2n) is 3.28. The van der Waals surface area contributed by atoms with Crippen LogP contribution < -0.4 is 5.73 Å². The summed E-state index contributed by atoms with van der Waals surface area (Å²) < 4.78 is 18.6. The van der Waals surface area contributed by atoms with Gasteiger partial charge in [-0.15, -0.1) is 0 Å². The van der Waals surface area contributed by atoms with Crippen molar-refractivity contribution in [3.8, 4) is 0 Å². The molecule has 13 heavy (non-hydrogen) atoms. The summed E-state index contributed by atoms with van der Waals surface area (Å²) in [7, 11) is 0. The SMILES string of the molecule is NC1(c2ccc(Br)c(F)c2)COC1. The van der Waals surface area contributed by atoms with E-state index >= 15 is 0 Å². The molecule has 1 aliphatic heterocycles. The van der Waals surface area contributed by atoms with Crippen molar-refractivity contribution >= 4 is 15.9 Å². The highest BCUT2D eigenvalue weighted by Crippen LogP contribution is 2.28. The van der Waals surface area contributed by atoms with E-state index in [4.69, 9.17) is 10.5 Å². The summed E-state index contributed by atoms with van der Waals surface area (Å²) in [5, 5.41) is 0. The number of hydrogen-bond donors (Lipinski definition) is 1. The van der Waals surface area contributed by atoms with E-state index in [2.05, 4.69) is 15.9 Å². The van der Waals surface area contributed by atoms with Gasteiger partial charge in [-0.1, -0.05) is 6.07 Å². The van der Waals surface area contributed by atoms with Crippen LogP contribution in [0.3, 0.4) is 0 Å². The van der Waals surface area contributed by atoms with Gasteiger partial charge in [-0.3, -0.25) is 0 Å². The summed E-state index contributed by atoms with van der Waals surface area (Å²) in [6, 6.07) is 4.93. The quantitative estimate of drug-likeness (QED) is 0.819. The van der Waals surface area contributed by atoms with Crippen LogP contribution in [-0.4, -0.2) is 13.2 Å². The summed E-state index contributed by atoms with van der Waals surface area (Å²) in [4.78, 5) is 0. The molecule has 0 unspecified atom stereocenters. The highest BCUT2D eigenvalue weighted by atomic mass is 79.9. The molecule has 0 aromatic heterocycles. The van der Waals surface area contributed by atoms with Crippen molar-refractivity contribution in [2.75, 3.05) is 13.2 Å².